The Balaban J connectivity index is 2.75. The van der Waals surface area contributed by atoms with Crippen LogP contribution < -0.4 is 4.31 Å². The molecule has 1 heterocycles. The molecule has 5 nitrogen and oxygen atoms in total. The largest absolute Gasteiger partial charge is 0.382 e. The Labute approximate surface area is 117 Å². The first kappa shape index (κ1) is 13.9. The highest BCUT2D eigenvalue weighted by atomic mass is 35.5. The van der Waals surface area contributed by atoms with Gasteiger partial charge in [0.1, 0.15) is 0 Å². The van der Waals surface area contributed by atoms with Crippen LogP contribution in [0.15, 0.2) is 29.3 Å². The maximum atomic E-state index is 12.3. The lowest BCUT2D eigenvalue weighted by Gasteiger charge is -2.28. The quantitative estimate of drug-likeness (QED) is 0.741. The normalized spacial score (nSPS) is 19.5. The van der Waals surface area contributed by atoms with Crippen molar-refractivity contribution in [3.8, 4) is 0 Å². The number of hydrogen-bond acceptors (Lipinski definition) is 4. The molecule has 1 aromatic rings. The number of nitrogens with zero attached hydrogens (tertiary/aromatic N) is 2. The molecule has 0 radical (unpaired) electrons. The van der Waals surface area contributed by atoms with Gasteiger partial charge in [-0.1, -0.05) is 11.6 Å². The van der Waals surface area contributed by atoms with E-state index in [0.29, 0.717) is 10.7 Å². The summed E-state index contributed by atoms with van der Waals surface area (Å²) in [6, 6.07) is 4.56. The summed E-state index contributed by atoms with van der Waals surface area (Å²) in [6.07, 6.45) is 1.30. The van der Waals surface area contributed by atoms with Gasteiger partial charge in [0.2, 0.25) is 5.78 Å². The van der Waals surface area contributed by atoms with Gasteiger partial charge in [0, 0.05) is 37.9 Å². The maximum absolute atomic E-state index is 12.3. The van der Waals surface area contributed by atoms with Crippen molar-refractivity contribution in [2.75, 3.05) is 25.4 Å². The van der Waals surface area contributed by atoms with Crippen LogP contribution in [0.2, 0.25) is 5.02 Å². The third-order valence-electron chi connectivity index (χ3n) is 2.78. The number of ketones is 1. The predicted octanol–water partition coefficient (Wildman–Crippen LogP) is 1.71. The molecule has 19 heavy (non-hydrogen) atoms. The SMILES string of the molecule is CN(C)/C=C1/C(=O)c2cc(Cl)ccc2N(C)S1(=O)=O. The van der Waals surface area contributed by atoms with Gasteiger partial charge in [-0.05, 0) is 18.2 Å². The lowest BCUT2D eigenvalue weighted by Crippen LogP contribution is -2.37. The van der Waals surface area contributed by atoms with Crippen molar-refractivity contribution in [1.82, 2.24) is 4.90 Å². The van der Waals surface area contributed by atoms with E-state index in [1.54, 1.807) is 20.2 Å². The number of fused-ring (bicyclic) bond motifs is 1. The highest BCUT2D eigenvalue weighted by molar-refractivity contribution is 7.97. The minimum atomic E-state index is -3.81. The van der Waals surface area contributed by atoms with Crippen LogP contribution in [0.4, 0.5) is 5.69 Å². The van der Waals surface area contributed by atoms with Gasteiger partial charge in [-0.3, -0.25) is 9.10 Å². The Bertz CT molecular complexity index is 680. The molecule has 0 saturated heterocycles. The minimum Gasteiger partial charge on any atom is -0.382 e. The number of carbonyl (C=O) groups excluding carboxylic acids is 1. The lowest BCUT2D eigenvalue weighted by atomic mass is 10.1. The van der Waals surface area contributed by atoms with Crippen molar-refractivity contribution in [2.24, 2.45) is 0 Å². The van der Waals surface area contributed by atoms with E-state index in [1.165, 1.54) is 30.3 Å². The second kappa shape index (κ2) is 4.54. The van der Waals surface area contributed by atoms with E-state index in [9.17, 15) is 13.2 Å². The molecule has 0 spiro atoms. The zero-order valence-corrected chi connectivity index (χ0v) is 12.3. The number of anilines is 1. The second-order valence-electron chi connectivity index (χ2n) is 4.42. The topological polar surface area (TPSA) is 57.7 Å². The van der Waals surface area contributed by atoms with Crippen molar-refractivity contribution < 1.29 is 13.2 Å². The van der Waals surface area contributed by atoms with E-state index in [-0.39, 0.29) is 10.5 Å². The molecule has 0 fully saturated rings. The zero-order valence-electron chi connectivity index (χ0n) is 10.7. The van der Waals surface area contributed by atoms with Crippen LogP contribution in [0.25, 0.3) is 0 Å². The van der Waals surface area contributed by atoms with Crippen LogP contribution in [-0.4, -0.2) is 40.2 Å². The number of hydrogen-bond donors (Lipinski definition) is 0. The summed E-state index contributed by atoms with van der Waals surface area (Å²) < 4.78 is 25.7. The number of allylic oxidation sites excluding steroid dienone is 1. The molecular formula is C12H13ClN2O3S. The summed E-state index contributed by atoms with van der Waals surface area (Å²) in [5.41, 5.74) is 0.628. The molecule has 1 aliphatic heterocycles. The van der Waals surface area contributed by atoms with Gasteiger partial charge in [-0.25, -0.2) is 8.42 Å². The number of halogens is 1. The van der Waals surface area contributed by atoms with E-state index in [1.807, 2.05) is 0 Å². The molecule has 102 valence electrons. The first-order valence-corrected chi connectivity index (χ1v) is 7.28. The highest BCUT2D eigenvalue weighted by Crippen LogP contribution is 2.35. The van der Waals surface area contributed by atoms with Gasteiger partial charge in [-0.2, -0.15) is 0 Å². The van der Waals surface area contributed by atoms with Gasteiger partial charge in [0.15, 0.2) is 4.91 Å². The molecule has 0 aliphatic carbocycles. The zero-order chi connectivity index (χ0) is 14.4. The summed E-state index contributed by atoms with van der Waals surface area (Å²) in [5.74, 6) is -0.538. The standard InChI is InChI=1S/C12H13ClN2O3S/c1-14(2)7-11-12(16)9-6-8(13)4-5-10(9)15(3)19(11,17)18/h4-7H,1-3H3/b11-7-. The van der Waals surface area contributed by atoms with Crippen LogP contribution in [-0.2, 0) is 10.0 Å². The van der Waals surface area contributed by atoms with Crippen molar-refractivity contribution in [1.29, 1.82) is 0 Å². The van der Waals surface area contributed by atoms with Crippen LogP contribution >= 0.6 is 11.6 Å². The fraction of sp³-hybridized carbons (Fsp3) is 0.250. The Hall–Kier alpha value is -1.53. The van der Waals surface area contributed by atoms with E-state index >= 15 is 0 Å². The summed E-state index contributed by atoms with van der Waals surface area (Å²) in [5, 5.41) is 0.393. The molecule has 2 rings (SSSR count). The molecular weight excluding hydrogens is 288 g/mol. The number of Topliss-reactive ketones (excluding diaryl/α,β-unsaturated/α-hetero) is 1. The third kappa shape index (κ3) is 2.21. The number of benzene rings is 1. The van der Waals surface area contributed by atoms with Gasteiger partial charge < -0.3 is 4.90 Å². The van der Waals surface area contributed by atoms with Gasteiger partial charge >= 0.3 is 0 Å². The predicted molar refractivity (Wildman–Crippen MR) is 74.9 cm³/mol. The van der Waals surface area contributed by atoms with E-state index in [0.717, 1.165) is 4.31 Å². The molecule has 0 amide bonds. The molecule has 0 atom stereocenters. The summed E-state index contributed by atoms with van der Waals surface area (Å²) in [4.78, 5) is 13.6. The Morgan fingerprint density at radius 3 is 2.53 bits per heavy atom. The average Bonchev–Trinajstić information content (AvgIpc) is 2.32. The molecule has 0 saturated carbocycles. The van der Waals surface area contributed by atoms with Crippen molar-refractivity contribution in [3.63, 3.8) is 0 Å². The van der Waals surface area contributed by atoms with Crippen LogP contribution in [0.3, 0.4) is 0 Å². The highest BCUT2D eigenvalue weighted by Gasteiger charge is 2.38. The fourth-order valence-corrected chi connectivity index (χ4v) is 3.42. The van der Waals surface area contributed by atoms with Crippen LogP contribution in [0.5, 0.6) is 0 Å². The summed E-state index contributed by atoms with van der Waals surface area (Å²) >= 11 is 5.86. The first-order chi connectivity index (χ1) is 8.75. The second-order valence-corrected chi connectivity index (χ2v) is 6.79. The summed E-state index contributed by atoms with van der Waals surface area (Å²) in [6.45, 7) is 0. The molecule has 1 aliphatic rings. The smallest absolute Gasteiger partial charge is 0.269 e. The van der Waals surface area contributed by atoms with Gasteiger partial charge in [-0.15, -0.1) is 0 Å². The van der Waals surface area contributed by atoms with E-state index in [4.69, 9.17) is 11.6 Å². The molecule has 0 aromatic heterocycles. The molecule has 0 bridgehead atoms. The maximum Gasteiger partial charge on any atom is 0.269 e. The van der Waals surface area contributed by atoms with Crippen molar-refractivity contribution in [3.05, 3.63) is 39.9 Å². The van der Waals surface area contributed by atoms with Crippen LogP contribution in [0.1, 0.15) is 10.4 Å². The molecule has 1 aromatic carbocycles. The first-order valence-electron chi connectivity index (χ1n) is 5.46. The summed E-state index contributed by atoms with van der Waals surface area (Å²) in [7, 11) is 0.914. The van der Waals surface area contributed by atoms with Gasteiger partial charge in [0.05, 0.1) is 5.69 Å². The third-order valence-corrected chi connectivity index (χ3v) is 4.78. The molecule has 0 unspecified atom stereocenters. The number of sulfonamides is 1. The van der Waals surface area contributed by atoms with Crippen molar-refractivity contribution >= 4 is 33.1 Å². The average molecular weight is 301 g/mol. The Kier molecular flexibility index (Phi) is 3.32. The minimum absolute atomic E-state index is 0.255. The molecule has 0 N–H and O–H groups in total. The van der Waals surface area contributed by atoms with Crippen LogP contribution in [0, 0.1) is 0 Å². The number of rotatable bonds is 1. The van der Waals surface area contributed by atoms with Crippen molar-refractivity contribution in [2.45, 2.75) is 0 Å². The monoisotopic (exact) mass is 300 g/mol. The van der Waals surface area contributed by atoms with Gasteiger partial charge in [0.25, 0.3) is 10.0 Å². The Morgan fingerprint density at radius 1 is 1.32 bits per heavy atom. The fourth-order valence-electron chi connectivity index (χ4n) is 1.85. The van der Waals surface area contributed by atoms with E-state index < -0.39 is 15.8 Å². The Morgan fingerprint density at radius 2 is 1.95 bits per heavy atom. The molecule has 7 heteroatoms. The number of carbonyl (C=O) groups is 1. The van der Waals surface area contributed by atoms with E-state index in [2.05, 4.69) is 0 Å². The lowest BCUT2D eigenvalue weighted by molar-refractivity contribution is 0.104.